The number of esters is 1. The lowest BCUT2D eigenvalue weighted by Crippen LogP contribution is -2.39. The Morgan fingerprint density at radius 3 is 2.34 bits per heavy atom. The van der Waals surface area contributed by atoms with Crippen LogP contribution in [0.1, 0.15) is 51.7 Å². The molecule has 2 aromatic heterocycles. The minimum absolute atomic E-state index is 0.0856. The van der Waals surface area contributed by atoms with E-state index in [0.717, 1.165) is 29.5 Å². The van der Waals surface area contributed by atoms with Crippen LogP contribution in [0.2, 0.25) is 5.02 Å². The first-order chi connectivity index (χ1) is 18.0. The SMILES string of the molecule is CC(=O)NC(C)(C)c1ccc(Oc2nc3nc(-c4ccc(C5(COC(C)=O)CC5)cc4)c(Cl)cc3[nH]2)cc1. The van der Waals surface area contributed by atoms with Crippen LogP contribution in [-0.4, -0.2) is 33.4 Å². The van der Waals surface area contributed by atoms with E-state index in [1.807, 2.05) is 62.4 Å². The first kappa shape index (κ1) is 25.7. The molecule has 38 heavy (non-hydrogen) atoms. The predicted octanol–water partition coefficient (Wildman–Crippen LogP) is 6.04. The fourth-order valence-electron chi connectivity index (χ4n) is 4.60. The molecule has 0 atom stereocenters. The van der Waals surface area contributed by atoms with Gasteiger partial charge in [0, 0.05) is 24.8 Å². The lowest BCUT2D eigenvalue weighted by Gasteiger charge is -2.26. The van der Waals surface area contributed by atoms with Gasteiger partial charge in [-0.2, -0.15) is 4.98 Å². The van der Waals surface area contributed by atoms with Crippen molar-refractivity contribution in [1.82, 2.24) is 20.3 Å². The number of nitrogens with one attached hydrogen (secondary N) is 2. The summed E-state index contributed by atoms with van der Waals surface area (Å²) in [5, 5.41) is 3.42. The number of rotatable bonds is 8. The third-order valence-corrected chi connectivity index (χ3v) is 7.15. The van der Waals surface area contributed by atoms with Crippen LogP contribution in [0.25, 0.3) is 22.4 Å². The number of halogens is 1. The van der Waals surface area contributed by atoms with Crippen LogP contribution in [0, 0.1) is 0 Å². The van der Waals surface area contributed by atoms with Gasteiger partial charge in [-0.1, -0.05) is 48.0 Å². The van der Waals surface area contributed by atoms with Crippen LogP contribution in [-0.2, 0) is 25.3 Å². The number of benzene rings is 2. The Bertz CT molecular complexity index is 1510. The van der Waals surface area contributed by atoms with E-state index in [9.17, 15) is 9.59 Å². The van der Waals surface area contributed by atoms with Crippen molar-refractivity contribution in [3.8, 4) is 23.0 Å². The number of nitrogens with zero attached hydrogens (tertiary/aromatic N) is 2. The zero-order valence-electron chi connectivity index (χ0n) is 21.7. The van der Waals surface area contributed by atoms with Crippen molar-refractivity contribution >= 4 is 34.6 Å². The third kappa shape index (κ3) is 5.36. The number of aromatic amines is 1. The molecule has 196 valence electrons. The number of fused-ring (bicyclic) bond motifs is 1. The van der Waals surface area contributed by atoms with Crippen LogP contribution in [0.4, 0.5) is 0 Å². The quantitative estimate of drug-likeness (QED) is 0.268. The van der Waals surface area contributed by atoms with Crippen molar-refractivity contribution in [2.24, 2.45) is 0 Å². The van der Waals surface area contributed by atoms with Gasteiger partial charge < -0.3 is 19.8 Å². The van der Waals surface area contributed by atoms with Gasteiger partial charge in [-0.15, -0.1) is 0 Å². The highest BCUT2D eigenvalue weighted by Gasteiger charge is 2.45. The second kappa shape index (κ2) is 9.76. The summed E-state index contributed by atoms with van der Waals surface area (Å²) in [6.45, 7) is 7.22. The molecule has 2 N–H and O–H groups in total. The van der Waals surface area contributed by atoms with Crippen molar-refractivity contribution in [2.45, 2.75) is 51.5 Å². The van der Waals surface area contributed by atoms with Crippen LogP contribution in [0.15, 0.2) is 54.6 Å². The molecule has 1 aliphatic carbocycles. The molecule has 0 saturated heterocycles. The van der Waals surface area contributed by atoms with E-state index in [4.69, 9.17) is 21.1 Å². The Morgan fingerprint density at radius 1 is 1.05 bits per heavy atom. The molecule has 0 spiro atoms. The second-order valence-electron chi connectivity index (χ2n) is 10.3. The molecule has 0 unspecified atom stereocenters. The molecule has 2 aromatic carbocycles. The maximum Gasteiger partial charge on any atom is 0.302 e. The molecule has 1 fully saturated rings. The molecule has 5 rings (SSSR count). The Labute approximate surface area is 225 Å². The van der Waals surface area contributed by atoms with Gasteiger partial charge in [0.2, 0.25) is 5.91 Å². The number of hydrogen-bond donors (Lipinski definition) is 2. The highest BCUT2D eigenvalue weighted by molar-refractivity contribution is 6.33. The van der Waals surface area contributed by atoms with Crippen LogP contribution >= 0.6 is 11.6 Å². The standard InChI is InChI=1S/C29H29ClN4O4/c1-17(35)34-28(3,4)20-9-11-22(12-10-20)38-27-31-24-15-23(30)25(32-26(24)33-27)19-5-7-21(8-6-19)29(13-14-29)16-37-18(2)36/h5-12,15H,13-14,16H2,1-4H3,(H,34,35)(H,31,32,33). The Hall–Kier alpha value is -3.91. The summed E-state index contributed by atoms with van der Waals surface area (Å²) in [5.74, 6) is 0.240. The van der Waals surface area contributed by atoms with Gasteiger partial charge in [0.1, 0.15) is 12.4 Å². The molecule has 4 aromatic rings. The zero-order chi connectivity index (χ0) is 27.1. The Kier molecular flexibility index (Phi) is 6.61. The minimum Gasteiger partial charge on any atom is -0.465 e. The van der Waals surface area contributed by atoms with Gasteiger partial charge in [-0.3, -0.25) is 9.59 Å². The fourth-order valence-corrected chi connectivity index (χ4v) is 4.86. The molecule has 0 radical (unpaired) electrons. The maximum absolute atomic E-state index is 11.5. The molecule has 1 saturated carbocycles. The monoisotopic (exact) mass is 532 g/mol. The van der Waals surface area contributed by atoms with Crippen molar-refractivity contribution < 1.29 is 19.1 Å². The number of carbonyl (C=O) groups is 2. The molecule has 2 heterocycles. The number of H-pyrrole nitrogens is 1. The molecule has 1 aliphatic rings. The summed E-state index contributed by atoms with van der Waals surface area (Å²) < 4.78 is 11.2. The number of hydrogen-bond acceptors (Lipinski definition) is 6. The third-order valence-electron chi connectivity index (χ3n) is 6.86. The largest absolute Gasteiger partial charge is 0.465 e. The lowest BCUT2D eigenvalue weighted by atomic mass is 9.94. The topological polar surface area (TPSA) is 106 Å². The van der Waals surface area contributed by atoms with E-state index in [1.165, 1.54) is 13.8 Å². The molecule has 1 amide bonds. The van der Waals surface area contributed by atoms with Crippen LogP contribution in [0.3, 0.4) is 0 Å². The number of imidazole rings is 1. The molecule has 9 heteroatoms. The summed E-state index contributed by atoms with van der Waals surface area (Å²) >= 11 is 6.59. The number of pyridine rings is 1. The van der Waals surface area contributed by atoms with Gasteiger partial charge in [-0.25, -0.2) is 4.98 Å². The minimum atomic E-state index is -0.499. The number of aromatic nitrogens is 3. The molecule has 0 bridgehead atoms. The van der Waals surface area contributed by atoms with Gasteiger partial charge >= 0.3 is 12.0 Å². The van der Waals surface area contributed by atoms with E-state index in [0.29, 0.717) is 40.2 Å². The van der Waals surface area contributed by atoms with E-state index < -0.39 is 5.54 Å². The first-order valence-corrected chi connectivity index (χ1v) is 12.8. The van der Waals surface area contributed by atoms with Gasteiger partial charge in [0.25, 0.3) is 0 Å². The molecule has 0 aliphatic heterocycles. The van der Waals surface area contributed by atoms with Crippen molar-refractivity contribution in [3.63, 3.8) is 0 Å². The number of amides is 1. The zero-order valence-corrected chi connectivity index (χ0v) is 22.5. The number of ether oxygens (including phenoxy) is 2. The van der Waals surface area contributed by atoms with E-state index in [-0.39, 0.29) is 17.3 Å². The fraction of sp³-hybridized carbons (Fsp3) is 0.310. The first-order valence-electron chi connectivity index (χ1n) is 12.4. The number of carbonyl (C=O) groups excluding carboxylic acids is 2. The summed E-state index contributed by atoms with van der Waals surface area (Å²) in [6.07, 6.45) is 1.99. The Morgan fingerprint density at radius 2 is 1.74 bits per heavy atom. The van der Waals surface area contributed by atoms with E-state index in [1.54, 1.807) is 6.07 Å². The van der Waals surface area contributed by atoms with Crippen LogP contribution < -0.4 is 10.1 Å². The average molecular weight is 533 g/mol. The van der Waals surface area contributed by atoms with Crippen molar-refractivity contribution in [3.05, 3.63) is 70.7 Å². The van der Waals surface area contributed by atoms with Crippen LogP contribution in [0.5, 0.6) is 11.8 Å². The summed E-state index contributed by atoms with van der Waals surface area (Å²) in [6, 6.07) is 17.6. The van der Waals surface area contributed by atoms with Crippen molar-refractivity contribution in [2.75, 3.05) is 6.61 Å². The molecule has 8 nitrogen and oxygen atoms in total. The second-order valence-corrected chi connectivity index (χ2v) is 10.7. The summed E-state index contributed by atoms with van der Waals surface area (Å²) in [7, 11) is 0. The smallest absolute Gasteiger partial charge is 0.302 e. The maximum atomic E-state index is 11.5. The van der Waals surface area contributed by atoms with Gasteiger partial charge in [0.05, 0.1) is 21.8 Å². The Balaban J connectivity index is 1.33. The highest BCUT2D eigenvalue weighted by Crippen LogP contribution is 2.48. The molecular formula is C29H29ClN4O4. The van der Waals surface area contributed by atoms with Gasteiger partial charge in [0.15, 0.2) is 5.65 Å². The van der Waals surface area contributed by atoms with E-state index in [2.05, 4.69) is 20.3 Å². The highest BCUT2D eigenvalue weighted by atomic mass is 35.5. The predicted molar refractivity (Wildman–Crippen MR) is 145 cm³/mol. The molecular weight excluding hydrogens is 504 g/mol. The summed E-state index contributed by atoms with van der Waals surface area (Å²) in [4.78, 5) is 35.0. The average Bonchev–Trinajstić information content (AvgIpc) is 3.56. The van der Waals surface area contributed by atoms with Crippen molar-refractivity contribution in [1.29, 1.82) is 0 Å². The van der Waals surface area contributed by atoms with E-state index >= 15 is 0 Å². The normalized spacial score (nSPS) is 14.2. The van der Waals surface area contributed by atoms with Gasteiger partial charge in [-0.05, 0) is 56.0 Å². The summed E-state index contributed by atoms with van der Waals surface area (Å²) in [5.41, 5.74) is 4.14. The lowest BCUT2D eigenvalue weighted by molar-refractivity contribution is -0.141.